The van der Waals surface area contributed by atoms with Crippen LogP contribution in [0.25, 0.3) is 0 Å². The van der Waals surface area contributed by atoms with E-state index in [2.05, 4.69) is 73.5 Å². The number of rotatable bonds is 1. The minimum absolute atomic E-state index is 0.210. The van der Waals surface area contributed by atoms with Crippen LogP contribution in [0.1, 0.15) is 68.2 Å². The van der Waals surface area contributed by atoms with E-state index in [1.165, 1.54) is 19.4 Å². The summed E-state index contributed by atoms with van der Waals surface area (Å²) in [5, 5.41) is 3.83. The molecular weight excluding hydrogens is 243 g/mol. The molecule has 0 aromatic rings. The van der Waals surface area contributed by atoms with E-state index in [9.17, 15) is 0 Å². The van der Waals surface area contributed by atoms with Crippen LogP contribution in [0.3, 0.4) is 0 Å². The summed E-state index contributed by atoms with van der Waals surface area (Å²) in [6, 6.07) is 0. The minimum Gasteiger partial charge on any atom is -0.311 e. The Morgan fingerprint density at radius 1 is 0.900 bits per heavy atom. The van der Waals surface area contributed by atoms with Crippen molar-refractivity contribution < 1.29 is 0 Å². The Morgan fingerprint density at radius 2 is 1.45 bits per heavy atom. The molecule has 118 valence electrons. The van der Waals surface area contributed by atoms with E-state index in [1.54, 1.807) is 0 Å². The van der Waals surface area contributed by atoms with Crippen LogP contribution in [0.4, 0.5) is 0 Å². The second-order valence-corrected chi connectivity index (χ2v) is 9.75. The van der Waals surface area contributed by atoms with Crippen molar-refractivity contribution in [3.63, 3.8) is 0 Å². The number of nitrogens with zero attached hydrogens (tertiary/aromatic N) is 1. The van der Waals surface area contributed by atoms with Crippen molar-refractivity contribution in [3.8, 4) is 0 Å². The summed E-state index contributed by atoms with van der Waals surface area (Å²) >= 11 is 0. The van der Waals surface area contributed by atoms with Gasteiger partial charge in [0.05, 0.1) is 0 Å². The fourth-order valence-corrected chi connectivity index (χ4v) is 4.41. The molecular formula is C17H37BN2. The summed E-state index contributed by atoms with van der Waals surface area (Å²) in [5.41, 5.74) is 1.14. The van der Waals surface area contributed by atoms with Gasteiger partial charge >= 0.3 is 0 Å². The molecule has 20 heavy (non-hydrogen) atoms. The van der Waals surface area contributed by atoms with Crippen LogP contribution in [0.15, 0.2) is 0 Å². The molecule has 1 aliphatic rings. The van der Waals surface area contributed by atoms with Gasteiger partial charge in [0.2, 0.25) is 0 Å². The normalized spacial score (nSPS) is 29.8. The van der Waals surface area contributed by atoms with Gasteiger partial charge in [-0.25, -0.2) is 0 Å². The lowest BCUT2D eigenvalue weighted by Crippen LogP contribution is -2.56. The van der Waals surface area contributed by atoms with Gasteiger partial charge in [-0.3, -0.25) is 0 Å². The molecule has 0 unspecified atom stereocenters. The fourth-order valence-electron chi connectivity index (χ4n) is 4.41. The Kier molecular flexibility index (Phi) is 5.09. The molecule has 0 spiro atoms. The molecule has 0 aliphatic carbocycles. The smallest absolute Gasteiger partial charge is 0.119 e. The topological polar surface area (TPSA) is 15.3 Å². The zero-order valence-corrected chi connectivity index (χ0v) is 15.5. The van der Waals surface area contributed by atoms with Gasteiger partial charge in [0.15, 0.2) is 0 Å². The van der Waals surface area contributed by atoms with Gasteiger partial charge in [0.1, 0.15) is 7.85 Å². The molecule has 1 aliphatic heterocycles. The minimum atomic E-state index is 0.210. The molecule has 1 saturated heterocycles. The Labute approximate surface area is 128 Å². The molecule has 0 bridgehead atoms. The predicted molar refractivity (Wildman–Crippen MR) is 93.1 cm³/mol. The zero-order chi connectivity index (χ0) is 15.8. The SMILES string of the molecule is BCN1CC(C)(C)CC(C)(C)NCC(C)(C)CC1(C)C. The van der Waals surface area contributed by atoms with E-state index >= 15 is 0 Å². The van der Waals surface area contributed by atoms with Gasteiger partial charge in [0, 0.05) is 24.2 Å². The molecule has 0 atom stereocenters. The first kappa shape index (κ1) is 18.0. The summed E-state index contributed by atoms with van der Waals surface area (Å²) < 4.78 is 0. The molecule has 0 amide bonds. The monoisotopic (exact) mass is 280 g/mol. The predicted octanol–water partition coefficient (Wildman–Crippen LogP) is 2.87. The third-order valence-electron chi connectivity index (χ3n) is 4.73. The van der Waals surface area contributed by atoms with Gasteiger partial charge in [-0.15, -0.1) is 0 Å². The molecule has 1 heterocycles. The van der Waals surface area contributed by atoms with Gasteiger partial charge in [-0.2, -0.15) is 0 Å². The lowest BCUT2D eigenvalue weighted by atomic mass is 9.73. The lowest BCUT2D eigenvalue weighted by Gasteiger charge is -2.50. The van der Waals surface area contributed by atoms with E-state index in [4.69, 9.17) is 0 Å². The molecule has 0 radical (unpaired) electrons. The van der Waals surface area contributed by atoms with Crippen LogP contribution in [0, 0.1) is 10.8 Å². The maximum Gasteiger partial charge on any atom is 0.119 e. The van der Waals surface area contributed by atoms with Crippen molar-refractivity contribution in [1.82, 2.24) is 10.2 Å². The Hall–Kier alpha value is -0.0151. The highest BCUT2D eigenvalue weighted by Crippen LogP contribution is 2.37. The number of hydrogen-bond acceptors (Lipinski definition) is 2. The average molecular weight is 280 g/mol. The molecule has 0 saturated carbocycles. The van der Waals surface area contributed by atoms with E-state index < -0.39 is 0 Å². The quantitative estimate of drug-likeness (QED) is 0.743. The highest BCUT2D eigenvalue weighted by atomic mass is 15.2. The molecule has 1 N–H and O–H groups in total. The van der Waals surface area contributed by atoms with Crippen LogP contribution >= 0.6 is 0 Å². The summed E-state index contributed by atoms with van der Waals surface area (Å²) in [6.45, 7) is 21.5. The van der Waals surface area contributed by atoms with Gasteiger partial charge in [0.25, 0.3) is 0 Å². The number of nitrogens with one attached hydrogen (secondary N) is 1. The van der Waals surface area contributed by atoms with Gasteiger partial charge in [-0.05, 0) is 57.8 Å². The standard InChI is InChI=1S/C17H37BN2/c1-14(2)10-17(7,8)20(13-18)12-15(3,4)9-16(5,6)19-11-14/h19H,9-13,18H2,1-8H3. The number of hydrogen-bond donors (Lipinski definition) is 1. The van der Waals surface area contributed by atoms with Gasteiger partial charge < -0.3 is 10.2 Å². The molecule has 1 fully saturated rings. The second-order valence-electron chi connectivity index (χ2n) is 9.75. The zero-order valence-electron chi connectivity index (χ0n) is 15.5. The van der Waals surface area contributed by atoms with Crippen LogP contribution in [-0.2, 0) is 0 Å². The van der Waals surface area contributed by atoms with Gasteiger partial charge in [-0.1, -0.05) is 27.7 Å². The Bertz CT molecular complexity index is 332. The van der Waals surface area contributed by atoms with Crippen LogP contribution in [0.2, 0.25) is 0 Å². The van der Waals surface area contributed by atoms with Crippen molar-refractivity contribution in [2.45, 2.75) is 79.3 Å². The van der Waals surface area contributed by atoms with E-state index in [1.807, 2.05) is 0 Å². The fraction of sp³-hybridized carbons (Fsp3) is 1.00. The third-order valence-corrected chi connectivity index (χ3v) is 4.73. The van der Waals surface area contributed by atoms with E-state index in [0.717, 1.165) is 13.0 Å². The maximum absolute atomic E-state index is 3.83. The van der Waals surface area contributed by atoms with Crippen molar-refractivity contribution >= 4 is 7.85 Å². The summed E-state index contributed by atoms with van der Waals surface area (Å²) in [6.07, 6.45) is 3.58. The lowest BCUT2D eigenvalue weighted by molar-refractivity contribution is 0.0285. The van der Waals surface area contributed by atoms with E-state index in [-0.39, 0.29) is 11.1 Å². The van der Waals surface area contributed by atoms with Crippen LogP contribution < -0.4 is 5.32 Å². The maximum atomic E-state index is 3.83. The largest absolute Gasteiger partial charge is 0.311 e. The summed E-state index contributed by atoms with van der Waals surface area (Å²) in [5.74, 6) is 0. The van der Waals surface area contributed by atoms with E-state index in [0.29, 0.717) is 10.8 Å². The summed E-state index contributed by atoms with van der Waals surface area (Å²) in [7, 11) is 2.31. The summed E-state index contributed by atoms with van der Waals surface area (Å²) in [4.78, 5) is 2.69. The first-order valence-corrected chi connectivity index (χ1v) is 8.29. The highest BCUT2D eigenvalue weighted by Gasteiger charge is 2.39. The third kappa shape index (κ3) is 5.07. The molecule has 1 rings (SSSR count). The Morgan fingerprint density at radius 3 is 1.95 bits per heavy atom. The average Bonchev–Trinajstić information content (AvgIpc) is 2.19. The Balaban J connectivity index is 3.08. The van der Waals surface area contributed by atoms with Crippen molar-refractivity contribution in [1.29, 1.82) is 0 Å². The second kappa shape index (κ2) is 5.64. The molecule has 2 nitrogen and oxygen atoms in total. The molecule has 0 aromatic heterocycles. The molecule has 3 heteroatoms. The first-order valence-electron chi connectivity index (χ1n) is 8.29. The first-order chi connectivity index (χ1) is 8.79. The van der Waals surface area contributed by atoms with Crippen molar-refractivity contribution in [2.24, 2.45) is 10.8 Å². The molecule has 0 aromatic carbocycles. The van der Waals surface area contributed by atoms with Crippen LogP contribution in [0.5, 0.6) is 0 Å². The highest BCUT2D eigenvalue weighted by molar-refractivity contribution is 6.08. The van der Waals surface area contributed by atoms with Crippen LogP contribution in [-0.4, -0.2) is 43.4 Å². The van der Waals surface area contributed by atoms with Crippen molar-refractivity contribution in [3.05, 3.63) is 0 Å². The van der Waals surface area contributed by atoms with Crippen molar-refractivity contribution in [2.75, 3.05) is 19.5 Å².